The van der Waals surface area contributed by atoms with Gasteiger partial charge in [-0.2, -0.15) is 0 Å². The predicted molar refractivity (Wildman–Crippen MR) is 93.8 cm³/mol. The molecular weight excluding hydrogens is 272 g/mol. The van der Waals surface area contributed by atoms with Crippen LogP contribution in [0.5, 0.6) is 0 Å². The van der Waals surface area contributed by atoms with Crippen molar-refractivity contribution in [2.75, 3.05) is 10.6 Å². The average Bonchev–Trinajstić information content (AvgIpc) is 2.48. The number of hydrogen-bond acceptors (Lipinski definition) is 2. The molecule has 2 N–H and O–H groups in total. The standard InChI is InChI=1S/C19H24N2O/c1-5-18(22)21-15-12-10-14(11-13-15)20-17-9-7-6-8-16(17)19(2,3)4/h6-13,20H,5H2,1-4H3,(H,21,22). The first-order chi connectivity index (χ1) is 10.4. The molecule has 0 atom stereocenters. The Morgan fingerprint density at radius 1 is 0.955 bits per heavy atom. The van der Waals surface area contributed by atoms with Gasteiger partial charge in [0, 0.05) is 23.5 Å². The smallest absolute Gasteiger partial charge is 0.224 e. The number of nitrogens with one attached hydrogen (secondary N) is 2. The summed E-state index contributed by atoms with van der Waals surface area (Å²) in [5, 5.41) is 6.31. The van der Waals surface area contributed by atoms with Gasteiger partial charge in [0.2, 0.25) is 5.91 Å². The van der Waals surface area contributed by atoms with Crippen molar-refractivity contribution in [3.05, 3.63) is 54.1 Å². The Kier molecular flexibility index (Phi) is 4.86. The summed E-state index contributed by atoms with van der Waals surface area (Å²) in [4.78, 5) is 11.4. The lowest BCUT2D eigenvalue weighted by molar-refractivity contribution is -0.115. The topological polar surface area (TPSA) is 41.1 Å². The number of carbonyl (C=O) groups excluding carboxylic acids is 1. The summed E-state index contributed by atoms with van der Waals surface area (Å²) in [6.07, 6.45) is 0.485. The first-order valence-electron chi connectivity index (χ1n) is 7.66. The van der Waals surface area contributed by atoms with Gasteiger partial charge in [-0.3, -0.25) is 4.79 Å². The Labute approximate surface area is 132 Å². The summed E-state index contributed by atoms with van der Waals surface area (Å²) in [5.41, 5.74) is 4.30. The maximum absolute atomic E-state index is 11.4. The lowest BCUT2D eigenvalue weighted by Crippen LogP contribution is -2.13. The minimum absolute atomic E-state index is 0.0267. The predicted octanol–water partition coefficient (Wildman–Crippen LogP) is 5.08. The Morgan fingerprint density at radius 3 is 2.14 bits per heavy atom. The van der Waals surface area contributed by atoms with E-state index in [4.69, 9.17) is 0 Å². The molecule has 0 fully saturated rings. The van der Waals surface area contributed by atoms with Crippen LogP contribution in [0.2, 0.25) is 0 Å². The summed E-state index contributed by atoms with van der Waals surface area (Å²) >= 11 is 0. The van der Waals surface area contributed by atoms with Crippen LogP contribution in [0.1, 0.15) is 39.7 Å². The van der Waals surface area contributed by atoms with Crippen LogP contribution in [0, 0.1) is 0 Å². The van der Waals surface area contributed by atoms with Crippen LogP contribution in [0.3, 0.4) is 0 Å². The van der Waals surface area contributed by atoms with Gasteiger partial charge in [-0.1, -0.05) is 45.9 Å². The molecule has 0 radical (unpaired) electrons. The van der Waals surface area contributed by atoms with E-state index in [-0.39, 0.29) is 11.3 Å². The van der Waals surface area contributed by atoms with Gasteiger partial charge in [-0.25, -0.2) is 0 Å². The number of amides is 1. The maximum atomic E-state index is 11.4. The van der Waals surface area contributed by atoms with Crippen LogP contribution >= 0.6 is 0 Å². The number of carbonyl (C=O) groups is 1. The molecule has 116 valence electrons. The van der Waals surface area contributed by atoms with Gasteiger partial charge >= 0.3 is 0 Å². The zero-order chi connectivity index (χ0) is 16.2. The normalized spacial score (nSPS) is 11.1. The zero-order valence-electron chi connectivity index (χ0n) is 13.7. The summed E-state index contributed by atoms with van der Waals surface area (Å²) in [7, 11) is 0. The van der Waals surface area contributed by atoms with Crippen LogP contribution in [0.25, 0.3) is 0 Å². The molecular formula is C19H24N2O. The first kappa shape index (κ1) is 16.1. The highest BCUT2D eigenvalue weighted by Gasteiger charge is 2.17. The van der Waals surface area contributed by atoms with E-state index in [0.29, 0.717) is 6.42 Å². The van der Waals surface area contributed by atoms with Crippen molar-refractivity contribution in [2.24, 2.45) is 0 Å². The average molecular weight is 296 g/mol. The van der Waals surface area contributed by atoms with Crippen molar-refractivity contribution in [2.45, 2.75) is 39.5 Å². The zero-order valence-corrected chi connectivity index (χ0v) is 13.7. The molecule has 0 bridgehead atoms. The van der Waals surface area contributed by atoms with Crippen LogP contribution in [-0.4, -0.2) is 5.91 Å². The Bertz CT molecular complexity index is 639. The van der Waals surface area contributed by atoms with Crippen LogP contribution in [-0.2, 0) is 10.2 Å². The molecule has 2 aromatic rings. The highest BCUT2D eigenvalue weighted by Crippen LogP contribution is 2.31. The summed E-state index contributed by atoms with van der Waals surface area (Å²) in [6.45, 7) is 8.46. The second kappa shape index (κ2) is 6.65. The van der Waals surface area contributed by atoms with E-state index in [2.05, 4.69) is 49.6 Å². The molecule has 0 aliphatic carbocycles. The third-order valence-corrected chi connectivity index (χ3v) is 3.50. The number of hydrogen-bond donors (Lipinski definition) is 2. The van der Waals surface area contributed by atoms with Gasteiger partial charge in [0.05, 0.1) is 0 Å². The van der Waals surface area contributed by atoms with E-state index in [0.717, 1.165) is 17.1 Å². The monoisotopic (exact) mass is 296 g/mol. The van der Waals surface area contributed by atoms with Crippen molar-refractivity contribution in [1.82, 2.24) is 0 Å². The molecule has 2 rings (SSSR count). The SMILES string of the molecule is CCC(=O)Nc1ccc(Nc2ccccc2C(C)(C)C)cc1. The van der Waals surface area contributed by atoms with E-state index >= 15 is 0 Å². The van der Waals surface area contributed by atoms with Gasteiger partial charge in [-0.15, -0.1) is 0 Å². The van der Waals surface area contributed by atoms with E-state index in [1.165, 1.54) is 5.56 Å². The van der Waals surface area contributed by atoms with Crippen molar-refractivity contribution in [3.63, 3.8) is 0 Å². The summed E-state index contributed by atoms with van der Waals surface area (Å²) in [5.74, 6) is 0.0267. The van der Waals surface area contributed by atoms with Crippen LogP contribution < -0.4 is 10.6 Å². The molecule has 1 amide bonds. The molecule has 0 unspecified atom stereocenters. The molecule has 0 saturated carbocycles. The molecule has 0 aliphatic heterocycles. The van der Waals surface area contributed by atoms with Crippen LogP contribution in [0.15, 0.2) is 48.5 Å². The molecule has 0 heterocycles. The molecule has 3 heteroatoms. The quantitative estimate of drug-likeness (QED) is 0.826. The van der Waals surface area contributed by atoms with Crippen LogP contribution in [0.4, 0.5) is 17.1 Å². The lowest BCUT2D eigenvalue weighted by atomic mass is 9.86. The molecule has 22 heavy (non-hydrogen) atoms. The van der Waals surface area contributed by atoms with E-state index in [1.807, 2.05) is 37.3 Å². The van der Waals surface area contributed by atoms with Crippen molar-refractivity contribution >= 4 is 23.0 Å². The van der Waals surface area contributed by atoms with Crippen molar-refractivity contribution in [1.29, 1.82) is 0 Å². The second-order valence-corrected chi connectivity index (χ2v) is 6.40. The highest BCUT2D eigenvalue weighted by molar-refractivity contribution is 5.90. The van der Waals surface area contributed by atoms with Gasteiger partial charge in [0.1, 0.15) is 0 Å². The van der Waals surface area contributed by atoms with Crippen molar-refractivity contribution < 1.29 is 4.79 Å². The molecule has 0 aliphatic rings. The number of anilines is 3. The van der Waals surface area contributed by atoms with Crippen molar-refractivity contribution in [3.8, 4) is 0 Å². The first-order valence-corrected chi connectivity index (χ1v) is 7.66. The highest BCUT2D eigenvalue weighted by atomic mass is 16.1. The number of para-hydroxylation sites is 1. The Morgan fingerprint density at radius 2 is 1.55 bits per heavy atom. The lowest BCUT2D eigenvalue weighted by Gasteiger charge is -2.23. The molecule has 2 aromatic carbocycles. The third kappa shape index (κ3) is 4.10. The second-order valence-electron chi connectivity index (χ2n) is 6.40. The number of benzene rings is 2. The molecule has 0 spiro atoms. The van der Waals surface area contributed by atoms with Gasteiger partial charge in [0.15, 0.2) is 0 Å². The minimum atomic E-state index is 0.0267. The summed E-state index contributed by atoms with van der Waals surface area (Å²) in [6, 6.07) is 16.1. The molecule has 0 saturated heterocycles. The van der Waals surface area contributed by atoms with Gasteiger partial charge in [0.25, 0.3) is 0 Å². The summed E-state index contributed by atoms with van der Waals surface area (Å²) < 4.78 is 0. The largest absolute Gasteiger partial charge is 0.355 e. The van der Waals surface area contributed by atoms with E-state index < -0.39 is 0 Å². The molecule has 3 nitrogen and oxygen atoms in total. The Balaban J connectivity index is 2.17. The fourth-order valence-electron chi connectivity index (χ4n) is 2.29. The Hall–Kier alpha value is -2.29. The third-order valence-electron chi connectivity index (χ3n) is 3.50. The minimum Gasteiger partial charge on any atom is -0.355 e. The fraction of sp³-hybridized carbons (Fsp3) is 0.316. The van der Waals surface area contributed by atoms with E-state index in [1.54, 1.807) is 0 Å². The molecule has 0 aromatic heterocycles. The fourth-order valence-corrected chi connectivity index (χ4v) is 2.29. The van der Waals surface area contributed by atoms with Gasteiger partial charge < -0.3 is 10.6 Å². The van der Waals surface area contributed by atoms with Gasteiger partial charge in [-0.05, 0) is 41.3 Å². The number of rotatable bonds is 4. The van der Waals surface area contributed by atoms with E-state index in [9.17, 15) is 4.79 Å². The maximum Gasteiger partial charge on any atom is 0.224 e.